The summed E-state index contributed by atoms with van der Waals surface area (Å²) < 4.78 is 6.22. The first kappa shape index (κ1) is 14.3. The molecule has 0 spiro atoms. The molecule has 19 heavy (non-hydrogen) atoms. The van der Waals surface area contributed by atoms with Crippen molar-refractivity contribution < 1.29 is 9.26 Å². The molecule has 1 aliphatic rings. The number of nitrogens with zero attached hydrogens (tertiary/aromatic N) is 1. The molecule has 0 bridgehead atoms. The molecule has 4 heteroatoms. The standard InChI is InChI=1S/C15H23NO2Si/c1-15(2,18-19(3,4)5)14-11-13(17-16-14)12-9-7-6-8-10-12/h6-10,13H,11H2,1-5H3. The largest absolute Gasteiger partial charge is 0.407 e. The molecular formula is C15H23NO2Si. The minimum Gasteiger partial charge on any atom is -0.407 e. The van der Waals surface area contributed by atoms with Gasteiger partial charge in [0.05, 0.1) is 11.3 Å². The highest BCUT2D eigenvalue weighted by atomic mass is 28.4. The van der Waals surface area contributed by atoms with Crippen molar-refractivity contribution in [2.75, 3.05) is 0 Å². The summed E-state index contributed by atoms with van der Waals surface area (Å²) >= 11 is 0. The second kappa shape index (κ2) is 5.10. The van der Waals surface area contributed by atoms with E-state index in [1.54, 1.807) is 0 Å². The van der Waals surface area contributed by atoms with E-state index in [9.17, 15) is 0 Å². The number of oxime groups is 1. The summed E-state index contributed by atoms with van der Waals surface area (Å²) in [5.41, 5.74) is 1.84. The molecule has 1 heterocycles. The third-order valence-electron chi connectivity index (χ3n) is 3.10. The molecule has 3 nitrogen and oxygen atoms in total. The predicted octanol–water partition coefficient (Wildman–Crippen LogP) is 4.13. The van der Waals surface area contributed by atoms with Gasteiger partial charge in [0.15, 0.2) is 14.4 Å². The highest BCUT2D eigenvalue weighted by molar-refractivity contribution is 6.70. The van der Waals surface area contributed by atoms with E-state index in [2.05, 4.69) is 50.8 Å². The Balaban J connectivity index is 2.05. The van der Waals surface area contributed by atoms with Gasteiger partial charge in [0.2, 0.25) is 0 Å². The summed E-state index contributed by atoms with van der Waals surface area (Å²) in [6.07, 6.45) is 0.835. The molecular weight excluding hydrogens is 254 g/mol. The Bertz CT molecular complexity index is 463. The number of hydrogen-bond donors (Lipinski definition) is 0. The zero-order chi connectivity index (χ0) is 14.1. The van der Waals surface area contributed by atoms with Gasteiger partial charge in [-0.2, -0.15) is 0 Å². The molecule has 0 aliphatic carbocycles. The third-order valence-corrected chi connectivity index (χ3v) is 4.22. The Morgan fingerprint density at radius 2 is 1.84 bits per heavy atom. The van der Waals surface area contributed by atoms with Crippen molar-refractivity contribution in [3.63, 3.8) is 0 Å². The Morgan fingerprint density at radius 3 is 2.42 bits per heavy atom. The molecule has 0 fully saturated rings. The van der Waals surface area contributed by atoms with E-state index in [0.717, 1.165) is 12.1 Å². The zero-order valence-corrected chi connectivity index (χ0v) is 13.4. The van der Waals surface area contributed by atoms with E-state index in [4.69, 9.17) is 9.26 Å². The van der Waals surface area contributed by atoms with Crippen LogP contribution >= 0.6 is 0 Å². The molecule has 1 unspecified atom stereocenters. The molecule has 1 aromatic carbocycles. The smallest absolute Gasteiger partial charge is 0.185 e. The van der Waals surface area contributed by atoms with Crippen LogP contribution in [0.1, 0.15) is 31.9 Å². The van der Waals surface area contributed by atoms with Crippen molar-refractivity contribution >= 4 is 14.0 Å². The van der Waals surface area contributed by atoms with Gasteiger partial charge in [0.1, 0.15) is 0 Å². The Labute approximate surface area is 116 Å². The van der Waals surface area contributed by atoms with Crippen LogP contribution in [-0.4, -0.2) is 19.6 Å². The van der Waals surface area contributed by atoms with Gasteiger partial charge in [-0.15, -0.1) is 0 Å². The molecule has 1 atom stereocenters. The van der Waals surface area contributed by atoms with E-state index in [1.165, 1.54) is 5.56 Å². The molecule has 104 valence electrons. The zero-order valence-electron chi connectivity index (χ0n) is 12.4. The fraction of sp³-hybridized carbons (Fsp3) is 0.533. The third kappa shape index (κ3) is 3.67. The van der Waals surface area contributed by atoms with Crippen LogP contribution < -0.4 is 0 Å². The monoisotopic (exact) mass is 277 g/mol. The summed E-state index contributed by atoms with van der Waals surface area (Å²) in [4.78, 5) is 5.58. The lowest BCUT2D eigenvalue weighted by atomic mass is 9.95. The highest BCUT2D eigenvalue weighted by Crippen LogP contribution is 2.32. The van der Waals surface area contributed by atoms with Crippen molar-refractivity contribution in [3.8, 4) is 0 Å². The first-order valence-corrected chi connectivity index (χ1v) is 10.2. The second-order valence-electron chi connectivity index (χ2n) is 6.47. The maximum absolute atomic E-state index is 6.22. The van der Waals surface area contributed by atoms with Crippen molar-refractivity contribution in [2.45, 2.75) is 51.6 Å². The first-order valence-electron chi connectivity index (χ1n) is 6.76. The lowest BCUT2D eigenvalue weighted by Gasteiger charge is -2.32. The molecule has 0 N–H and O–H groups in total. The van der Waals surface area contributed by atoms with E-state index >= 15 is 0 Å². The summed E-state index contributed by atoms with van der Waals surface area (Å²) in [6.45, 7) is 10.8. The maximum Gasteiger partial charge on any atom is 0.185 e. The van der Waals surface area contributed by atoms with Crippen LogP contribution in [0.15, 0.2) is 35.5 Å². The molecule has 1 aromatic rings. The fourth-order valence-electron chi connectivity index (χ4n) is 2.40. The van der Waals surface area contributed by atoms with Crippen molar-refractivity contribution in [2.24, 2.45) is 5.16 Å². The highest BCUT2D eigenvalue weighted by Gasteiger charge is 2.37. The quantitative estimate of drug-likeness (QED) is 0.775. The van der Waals surface area contributed by atoms with Crippen LogP contribution in [0.4, 0.5) is 0 Å². The van der Waals surface area contributed by atoms with E-state index in [0.29, 0.717) is 0 Å². The number of benzene rings is 1. The van der Waals surface area contributed by atoms with Gasteiger partial charge < -0.3 is 9.26 Å². The van der Waals surface area contributed by atoms with Gasteiger partial charge in [-0.3, -0.25) is 0 Å². The van der Waals surface area contributed by atoms with E-state index in [-0.39, 0.29) is 11.7 Å². The molecule has 0 aromatic heterocycles. The van der Waals surface area contributed by atoms with Crippen molar-refractivity contribution in [1.82, 2.24) is 0 Å². The van der Waals surface area contributed by atoms with Gasteiger partial charge in [0, 0.05) is 6.42 Å². The summed E-state index contributed by atoms with van der Waals surface area (Å²) in [5, 5.41) is 4.26. The van der Waals surface area contributed by atoms with Crippen molar-refractivity contribution in [3.05, 3.63) is 35.9 Å². The Kier molecular flexibility index (Phi) is 3.83. The van der Waals surface area contributed by atoms with Gasteiger partial charge in [-0.1, -0.05) is 35.5 Å². The molecule has 0 amide bonds. The summed E-state index contributed by atoms with van der Waals surface area (Å²) in [6, 6.07) is 10.2. The minimum absolute atomic E-state index is 0.0284. The fourth-order valence-corrected chi connectivity index (χ4v) is 4.05. The second-order valence-corrected chi connectivity index (χ2v) is 10.9. The SMILES string of the molecule is CC(C)(O[Si](C)(C)C)C1=NOC(c2ccccc2)C1. The molecule has 2 rings (SSSR count). The molecule has 0 saturated carbocycles. The number of rotatable bonds is 4. The summed E-state index contributed by atoms with van der Waals surface area (Å²) in [5.74, 6) is 0. The van der Waals surface area contributed by atoms with Crippen LogP contribution in [-0.2, 0) is 9.26 Å². The maximum atomic E-state index is 6.22. The summed E-state index contributed by atoms with van der Waals surface area (Å²) in [7, 11) is -1.60. The Hall–Kier alpha value is -1.13. The average molecular weight is 277 g/mol. The van der Waals surface area contributed by atoms with Crippen LogP contribution in [0.25, 0.3) is 0 Å². The van der Waals surface area contributed by atoms with Gasteiger partial charge >= 0.3 is 0 Å². The van der Waals surface area contributed by atoms with Crippen molar-refractivity contribution in [1.29, 1.82) is 0 Å². The number of hydrogen-bond acceptors (Lipinski definition) is 3. The topological polar surface area (TPSA) is 30.8 Å². The van der Waals surface area contributed by atoms with E-state index in [1.807, 2.05) is 18.2 Å². The predicted molar refractivity (Wildman–Crippen MR) is 80.8 cm³/mol. The van der Waals surface area contributed by atoms with E-state index < -0.39 is 8.32 Å². The van der Waals surface area contributed by atoms with Crippen LogP contribution in [0.5, 0.6) is 0 Å². The average Bonchev–Trinajstić information content (AvgIpc) is 2.77. The first-order chi connectivity index (χ1) is 8.78. The van der Waals surface area contributed by atoms with Gasteiger partial charge in [-0.25, -0.2) is 0 Å². The Morgan fingerprint density at radius 1 is 1.21 bits per heavy atom. The lowest BCUT2D eigenvalue weighted by Crippen LogP contribution is -2.43. The normalized spacial score (nSPS) is 20.1. The molecule has 0 saturated heterocycles. The van der Waals surface area contributed by atoms with Crippen LogP contribution in [0.3, 0.4) is 0 Å². The van der Waals surface area contributed by atoms with Crippen LogP contribution in [0, 0.1) is 0 Å². The van der Waals surface area contributed by atoms with Crippen LogP contribution in [0.2, 0.25) is 19.6 Å². The van der Waals surface area contributed by atoms with Gasteiger partial charge in [0.25, 0.3) is 0 Å². The lowest BCUT2D eigenvalue weighted by molar-refractivity contribution is 0.0853. The minimum atomic E-state index is -1.60. The molecule has 1 aliphatic heterocycles. The molecule has 0 radical (unpaired) electrons. The van der Waals surface area contributed by atoms with Gasteiger partial charge in [-0.05, 0) is 39.1 Å².